The van der Waals surface area contributed by atoms with E-state index < -0.39 is 52.6 Å². The molecule has 2 aromatic carbocycles. The fourth-order valence-electron chi connectivity index (χ4n) is 9.15. The van der Waals surface area contributed by atoms with Crippen molar-refractivity contribution in [3.63, 3.8) is 0 Å². The highest BCUT2D eigenvalue weighted by atomic mass is 35.5. The quantitative estimate of drug-likeness (QED) is 0.319. The third-order valence-electron chi connectivity index (χ3n) is 11.3. The minimum Gasteiger partial charge on any atom is -0.507 e. The van der Waals surface area contributed by atoms with Crippen LogP contribution in [-0.2, 0) is 19.2 Å². The van der Waals surface area contributed by atoms with E-state index in [1.165, 1.54) is 17.0 Å². The predicted molar refractivity (Wildman–Crippen MR) is 162 cm³/mol. The van der Waals surface area contributed by atoms with Crippen molar-refractivity contribution in [1.29, 1.82) is 0 Å². The molecule has 0 aromatic heterocycles. The third kappa shape index (κ3) is 3.98. The number of phenols is 1. The third-order valence-corrected chi connectivity index (χ3v) is 11.5. The number of carbonyl (C=O) groups is 4. The average Bonchev–Trinajstić information content (AvgIpc) is 3.37. The van der Waals surface area contributed by atoms with Crippen molar-refractivity contribution >= 4 is 40.9 Å². The van der Waals surface area contributed by atoms with Gasteiger partial charge in [0, 0.05) is 12.0 Å². The molecule has 7 nitrogen and oxygen atoms in total. The molecule has 4 fully saturated rings. The van der Waals surface area contributed by atoms with Gasteiger partial charge in [-0.05, 0) is 87.3 Å². The second-order valence-electron chi connectivity index (χ2n) is 13.6. The Morgan fingerprint density at radius 3 is 2.27 bits per heavy atom. The number of aromatic hydroxyl groups is 1. The second kappa shape index (κ2) is 10.3. The van der Waals surface area contributed by atoms with Crippen molar-refractivity contribution in [1.82, 2.24) is 4.90 Å². The molecular formula is C35H36ClFN2O5. The van der Waals surface area contributed by atoms with E-state index in [0.717, 1.165) is 54.2 Å². The lowest BCUT2D eigenvalue weighted by molar-refractivity contribution is -0.144. The maximum atomic E-state index is 14.5. The summed E-state index contributed by atoms with van der Waals surface area (Å²) in [5, 5.41) is 10.4. The Labute approximate surface area is 261 Å². The van der Waals surface area contributed by atoms with E-state index in [9.17, 15) is 28.7 Å². The first kappa shape index (κ1) is 29.2. The zero-order chi connectivity index (χ0) is 31.2. The van der Waals surface area contributed by atoms with Crippen LogP contribution in [0.2, 0.25) is 5.02 Å². The highest BCUT2D eigenvalue weighted by molar-refractivity contribution is 6.31. The van der Waals surface area contributed by atoms with Crippen LogP contribution in [-0.4, -0.2) is 39.7 Å². The Morgan fingerprint density at radius 2 is 1.61 bits per heavy atom. The molecule has 6 unspecified atom stereocenters. The van der Waals surface area contributed by atoms with Gasteiger partial charge in [-0.1, -0.05) is 54.6 Å². The number of carbonyl (C=O) groups excluding carboxylic acids is 4. The van der Waals surface area contributed by atoms with Crippen molar-refractivity contribution in [2.75, 3.05) is 4.90 Å². The van der Waals surface area contributed by atoms with E-state index in [1.807, 2.05) is 25.1 Å². The molecule has 44 heavy (non-hydrogen) atoms. The average molecular weight is 619 g/mol. The maximum Gasteiger partial charge on any atom is 0.241 e. The summed E-state index contributed by atoms with van der Waals surface area (Å²) in [7, 11) is 0. The van der Waals surface area contributed by atoms with Gasteiger partial charge in [-0.2, -0.15) is 0 Å². The number of rotatable bonds is 3. The Bertz CT molecular complexity index is 1640. The SMILES string of the molecule is Cc1cc(C2C3=CCC4C(=O)N(C5CCCCC5)C(=O)C4C3CC3C(=O)N(c4ccc(F)c(Cl)c4)C(=O)C32C)cc(C)c1O. The molecular weight excluding hydrogens is 583 g/mol. The van der Waals surface area contributed by atoms with Gasteiger partial charge in [0.15, 0.2) is 0 Å². The van der Waals surface area contributed by atoms with Crippen LogP contribution in [0, 0.1) is 48.8 Å². The van der Waals surface area contributed by atoms with E-state index >= 15 is 0 Å². The standard InChI is InChI=1S/C35H36ClFN2O5/c1-17-13-19(14-18(2)30(17)40)29-22-10-11-23-28(33(43)38(31(23)41)20-7-5-4-6-8-20)24(22)16-25-32(42)39(34(44)35(25,29)3)21-9-12-27(37)26(36)15-21/h9-10,12-15,20,23-25,28-29,40H,4-8,11,16H2,1-3H3. The highest BCUT2D eigenvalue weighted by Crippen LogP contribution is 2.64. The van der Waals surface area contributed by atoms with Crippen LogP contribution in [0.4, 0.5) is 10.1 Å². The van der Waals surface area contributed by atoms with E-state index in [2.05, 4.69) is 0 Å². The van der Waals surface area contributed by atoms with Crippen LogP contribution >= 0.6 is 11.6 Å². The lowest BCUT2D eigenvalue weighted by Gasteiger charge is -2.49. The van der Waals surface area contributed by atoms with E-state index in [-0.39, 0.29) is 40.7 Å². The molecule has 2 heterocycles. The number of benzene rings is 2. The fourth-order valence-corrected chi connectivity index (χ4v) is 9.32. The van der Waals surface area contributed by atoms with E-state index in [0.29, 0.717) is 17.5 Å². The number of nitrogens with zero attached hydrogens (tertiary/aromatic N) is 2. The summed E-state index contributed by atoms with van der Waals surface area (Å²) in [6.45, 7) is 5.41. The Balaban J connectivity index is 1.37. The molecule has 0 radical (unpaired) electrons. The topological polar surface area (TPSA) is 95.0 Å². The number of hydrogen-bond acceptors (Lipinski definition) is 5. The fraction of sp³-hybridized carbons (Fsp3) is 0.486. The summed E-state index contributed by atoms with van der Waals surface area (Å²) in [6.07, 6.45) is 7.42. The minimum absolute atomic E-state index is 0.0849. The number of amides is 4. The van der Waals surface area contributed by atoms with Crippen LogP contribution in [0.1, 0.15) is 74.5 Å². The van der Waals surface area contributed by atoms with Crippen LogP contribution in [0.15, 0.2) is 42.0 Å². The summed E-state index contributed by atoms with van der Waals surface area (Å²) >= 11 is 6.09. The van der Waals surface area contributed by atoms with Crippen LogP contribution in [0.5, 0.6) is 5.75 Å². The lowest BCUT2D eigenvalue weighted by atomic mass is 9.51. The summed E-state index contributed by atoms with van der Waals surface area (Å²) in [5.74, 6) is -4.41. The van der Waals surface area contributed by atoms with Crippen LogP contribution in [0.3, 0.4) is 0 Å². The number of phenolic OH excluding ortho intramolecular Hbond substituents is 1. The molecule has 4 amide bonds. The summed E-state index contributed by atoms with van der Waals surface area (Å²) in [4.78, 5) is 59.5. The normalized spacial score (nSPS) is 32.1. The molecule has 0 spiro atoms. The number of likely N-dealkylation sites (tertiary alicyclic amines) is 1. The monoisotopic (exact) mass is 618 g/mol. The van der Waals surface area contributed by atoms with Gasteiger partial charge < -0.3 is 5.11 Å². The Morgan fingerprint density at radius 1 is 0.932 bits per heavy atom. The highest BCUT2D eigenvalue weighted by Gasteiger charge is 2.67. The van der Waals surface area contributed by atoms with Crippen molar-refractivity contribution in [2.24, 2.45) is 29.1 Å². The lowest BCUT2D eigenvalue weighted by Crippen LogP contribution is -2.49. The number of fused-ring (bicyclic) bond motifs is 4. The molecule has 2 aromatic rings. The molecule has 7 rings (SSSR count). The molecule has 2 saturated heterocycles. The number of anilines is 1. The maximum absolute atomic E-state index is 14.5. The van der Waals surface area contributed by atoms with Crippen molar-refractivity contribution in [3.05, 3.63) is 69.5 Å². The molecule has 2 aliphatic heterocycles. The van der Waals surface area contributed by atoms with Gasteiger partial charge in [-0.3, -0.25) is 24.1 Å². The smallest absolute Gasteiger partial charge is 0.241 e. The summed E-state index contributed by atoms with van der Waals surface area (Å²) < 4.78 is 14.1. The minimum atomic E-state index is -1.22. The molecule has 6 atom stereocenters. The van der Waals surface area contributed by atoms with E-state index in [1.54, 1.807) is 13.8 Å². The first-order valence-electron chi connectivity index (χ1n) is 15.7. The van der Waals surface area contributed by atoms with Crippen LogP contribution in [0.25, 0.3) is 0 Å². The summed E-state index contributed by atoms with van der Waals surface area (Å²) in [6, 6.07) is 7.44. The van der Waals surface area contributed by atoms with Crippen LogP contribution < -0.4 is 4.90 Å². The number of halogens is 2. The van der Waals surface area contributed by atoms with E-state index in [4.69, 9.17) is 11.6 Å². The summed E-state index contributed by atoms with van der Waals surface area (Å²) in [5.41, 5.74) is 1.95. The largest absolute Gasteiger partial charge is 0.507 e. The molecule has 3 aliphatic carbocycles. The molecule has 2 saturated carbocycles. The molecule has 9 heteroatoms. The van der Waals surface area contributed by atoms with Gasteiger partial charge in [0.05, 0.1) is 33.9 Å². The predicted octanol–water partition coefficient (Wildman–Crippen LogP) is 6.36. The first-order chi connectivity index (χ1) is 20.9. The van der Waals surface area contributed by atoms with Gasteiger partial charge in [0.1, 0.15) is 11.6 Å². The van der Waals surface area contributed by atoms with Gasteiger partial charge in [0.2, 0.25) is 23.6 Å². The van der Waals surface area contributed by atoms with Crippen molar-refractivity contribution < 1.29 is 28.7 Å². The number of imide groups is 2. The molecule has 0 bridgehead atoms. The van der Waals surface area contributed by atoms with Crippen molar-refractivity contribution in [2.45, 2.75) is 77.7 Å². The molecule has 1 N–H and O–H groups in total. The number of aryl methyl sites for hydroxylation is 2. The van der Waals surface area contributed by atoms with Gasteiger partial charge in [-0.15, -0.1) is 0 Å². The Hall–Kier alpha value is -3.52. The molecule has 5 aliphatic rings. The zero-order valence-corrected chi connectivity index (χ0v) is 25.9. The van der Waals surface area contributed by atoms with Gasteiger partial charge >= 0.3 is 0 Å². The second-order valence-corrected chi connectivity index (χ2v) is 14.0. The van der Waals surface area contributed by atoms with Gasteiger partial charge in [0.25, 0.3) is 0 Å². The number of hydrogen-bond donors (Lipinski definition) is 1. The van der Waals surface area contributed by atoms with Gasteiger partial charge in [-0.25, -0.2) is 9.29 Å². The first-order valence-corrected chi connectivity index (χ1v) is 16.0. The zero-order valence-electron chi connectivity index (χ0n) is 25.1. The number of allylic oxidation sites excluding steroid dienone is 2. The Kier molecular flexibility index (Phi) is 6.81. The molecule has 230 valence electrons. The van der Waals surface area contributed by atoms with Crippen molar-refractivity contribution in [3.8, 4) is 5.75 Å².